The Morgan fingerprint density at radius 3 is 2.50 bits per heavy atom. The summed E-state index contributed by atoms with van der Waals surface area (Å²) < 4.78 is 5.21. The van der Waals surface area contributed by atoms with E-state index in [-0.39, 0.29) is 5.91 Å². The van der Waals surface area contributed by atoms with Crippen LogP contribution in [0, 0.1) is 0 Å². The fourth-order valence-electron chi connectivity index (χ4n) is 4.03. The van der Waals surface area contributed by atoms with Crippen LogP contribution in [-0.4, -0.2) is 48.9 Å². The van der Waals surface area contributed by atoms with Crippen LogP contribution in [0.25, 0.3) is 0 Å². The Morgan fingerprint density at radius 1 is 1.15 bits per heavy atom. The maximum atomic E-state index is 13.1. The van der Waals surface area contributed by atoms with Crippen molar-refractivity contribution in [1.29, 1.82) is 0 Å². The summed E-state index contributed by atoms with van der Waals surface area (Å²) in [5.74, 6) is 0.789. The molecule has 1 aliphatic carbocycles. The molecule has 1 aromatic carbocycles. The van der Waals surface area contributed by atoms with E-state index in [9.17, 15) is 9.90 Å². The number of anilines is 1. The first-order valence-electron chi connectivity index (χ1n) is 9.69. The second-order valence-corrected chi connectivity index (χ2v) is 7.68. The van der Waals surface area contributed by atoms with Crippen LogP contribution >= 0.6 is 0 Å². The van der Waals surface area contributed by atoms with Crippen molar-refractivity contribution in [2.75, 3.05) is 32.1 Å². The van der Waals surface area contributed by atoms with Gasteiger partial charge in [0.15, 0.2) is 0 Å². The average molecular weight is 361 g/mol. The van der Waals surface area contributed by atoms with Crippen molar-refractivity contribution in [3.8, 4) is 5.75 Å². The van der Waals surface area contributed by atoms with Gasteiger partial charge in [-0.3, -0.25) is 4.79 Å². The van der Waals surface area contributed by atoms with Crippen molar-refractivity contribution in [3.63, 3.8) is 0 Å². The van der Waals surface area contributed by atoms with E-state index in [0.717, 1.165) is 62.9 Å². The number of carbonyl (C=O) groups excluding carboxylic acids is 1. The van der Waals surface area contributed by atoms with Crippen LogP contribution < -0.4 is 20.7 Å². The quantitative estimate of drug-likeness (QED) is 0.623. The molecule has 0 radical (unpaired) electrons. The van der Waals surface area contributed by atoms with Gasteiger partial charge < -0.3 is 25.8 Å². The van der Waals surface area contributed by atoms with Gasteiger partial charge in [0.2, 0.25) is 5.91 Å². The minimum atomic E-state index is -0.843. The summed E-state index contributed by atoms with van der Waals surface area (Å²) in [6, 6.07) is 7.68. The molecule has 3 rings (SSSR count). The second-order valence-electron chi connectivity index (χ2n) is 7.68. The van der Waals surface area contributed by atoms with Gasteiger partial charge in [-0.2, -0.15) is 0 Å². The van der Waals surface area contributed by atoms with Crippen LogP contribution in [-0.2, 0) is 4.79 Å². The normalized spacial score (nSPS) is 25.3. The van der Waals surface area contributed by atoms with Gasteiger partial charge in [-0.1, -0.05) is 19.3 Å². The molecule has 0 spiro atoms. The highest BCUT2D eigenvalue weighted by molar-refractivity contribution is 5.89. The molecule has 2 fully saturated rings. The number of methoxy groups -OCH3 is 1. The van der Waals surface area contributed by atoms with Crippen molar-refractivity contribution in [3.05, 3.63) is 24.3 Å². The molecule has 1 aromatic rings. The predicted molar refractivity (Wildman–Crippen MR) is 102 cm³/mol. The Morgan fingerprint density at radius 2 is 1.88 bits per heavy atom. The number of carbonyl (C=O) groups is 1. The third kappa shape index (κ3) is 4.48. The third-order valence-electron chi connectivity index (χ3n) is 5.64. The monoisotopic (exact) mass is 361 g/mol. The first kappa shape index (κ1) is 19.0. The average Bonchev–Trinajstić information content (AvgIpc) is 2.68. The lowest BCUT2D eigenvalue weighted by atomic mass is 9.80. The van der Waals surface area contributed by atoms with Gasteiger partial charge >= 0.3 is 0 Å². The molecule has 26 heavy (non-hydrogen) atoms. The van der Waals surface area contributed by atoms with Crippen LogP contribution in [0.2, 0.25) is 0 Å². The number of hydrogen-bond acceptors (Lipinski definition) is 5. The number of β-amino-alcohol motifs (C(OH)–C–C–N with tert-alkyl or cyclic N) is 1. The van der Waals surface area contributed by atoms with E-state index < -0.39 is 11.1 Å². The summed E-state index contributed by atoms with van der Waals surface area (Å²) in [5.41, 5.74) is -0.532. The molecule has 1 amide bonds. The van der Waals surface area contributed by atoms with Gasteiger partial charge in [0.25, 0.3) is 0 Å². The van der Waals surface area contributed by atoms with Crippen molar-refractivity contribution in [1.82, 2.24) is 10.6 Å². The lowest BCUT2D eigenvalue weighted by Gasteiger charge is -2.39. The highest BCUT2D eigenvalue weighted by atomic mass is 16.5. The Kier molecular flexibility index (Phi) is 6.04. The highest BCUT2D eigenvalue weighted by Gasteiger charge is 2.40. The first-order chi connectivity index (χ1) is 12.6. The van der Waals surface area contributed by atoms with Crippen molar-refractivity contribution in [2.45, 2.75) is 56.1 Å². The SMILES string of the molecule is COc1ccc(NC2(C(=O)NCC3(O)CCCNC3)CCCCC2)cc1. The van der Waals surface area contributed by atoms with E-state index in [1.165, 1.54) is 0 Å². The zero-order chi connectivity index (χ0) is 18.5. The van der Waals surface area contributed by atoms with Crippen LogP contribution in [0.3, 0.4) is 0 Å². The highest BCUT2D eigenvalue weighted by Crippen LogP contribution is 2.33. The molecule has 6 nitrogen and oxygen atoms in total. The smallest absolute Gasteiger partial charge is 0.245 e. The van der Waals surface area contributed by atoms with E-state index in [1.807, 2.05) is 24.3 Å². The summed E-state index contributed by atoms with van der Waals surface area (Å²) in [4.78, 5) is 13.1. The largest absolute Gasteiger partial charge is 0.497 e. The predicted octanol–water partition coefficient (Wildman–Crippen LogP) is 2.04. The number of aliphatic hydroxyl groups is 1. The lowest BCUT2D eigenvalue weighted by molar-refractivity contribution is -0.128. The molecular formula is C20H31N3O3. The molecule has 1 unspecified atom stereocenters. The zero-order valence-corrected chi connectivity index (χ0v) is 15.6. The topological polar surface area (TPSA) is 82.6 Å². The molecule has 1 heterocycles. The van der Waals surface area contributed by atoms with E-state index in [2.05, 4.69) is 16.0 Å². The Bertz CT molecular complexity index is 591. The number of ether oxygens (including phenoxy) is 1. The van der Waals surface area contributed by atoms with Crippen molar-refractivity contribution < 1.29 is 14.6 Å². The lowest BCUT2D eigenvalue weighted by Crippen LogP contribution is -2.59. The summed E-state index contributed by atoms with van der Waals surface area (Å²) in [7, 11) is 1.64. The Hall–Kier alpha value is -1.79. The van der Waals surface area contributed by atoms with Crippen LogP contribution in [0.1, 0.15) is 44.9 Å². The number of hydrogen-bond donors (Lipinski definition) is 4. The summed E-state index contributed by atoms with van der Waals surface area (Å²) in [5, 5.41) is 20.4. The minimum Gasteiger partial charge on any atom is -0.497 e. The summed E-state index contributed by atoms with van der Waals surface area (Å²) >= 11 is 0. The standard InChI is InChI=1S/C20H31N3O3/c1-26-17-8-6-16(7-9-17)23-20(11-3-2-4-12-20)18(24)22-15-19(25)10-5-13-21-14-19/h6-9,21,23,25H,2-5,10-15H2,1H3,(H,22,24). The summed E-state index contributed by atoms with van der Waals surface area (Å²) in [6.07, 6.45) is 6.49. The molecule has 1 atom stereocenters. The van der Waals surface area contributed by atoms with Gasteiger partial charge in [-0.05, 0) is 56.5 Å². The first-order valence-corrected chi connectivity index (χ1v) is 9.69. The molecule has 1 aliphatic heterocycles. The van der Waals surface area contributed by atoms with Gasteiger partial charge in [0, 0.05) is 18.8 Å². The van der Waals surface area contributed by atoms with Gasteiger partial charge in [0.05, 0.1) is 12.7 Å². The number of benzene rings is 1. The number of amides is 1. The van der Waals surface area contributed by atoms with E-state index >= 15 is 0 Å². The molecule has 4 N–H and O–H groups in total. The molecule has 144 valence electrons. The van der Waals surface area contributed by atoms with Crippen molar-refractivity contribution >= 4 is 11.6 Å². The fraction of sp³-hybridized carbons (Fsp3) is 0.650. The second kappa shape index (κ2) is 8.27. The maximum Gasteiger partial charge on any atom is 0.245 e. The Balaban J connectivity index is 1.68. The molecule has 0 aromatic heterocycles. The third-order valence-corrected chi connectivity index (χ3v) is 5.64. The number of nitrogens with one attached hydrogen (secondary N) is 3. The Labute approximate surface area is 155 Å². The van der Waals surface area contributed by atoms with Gasteiger partial charge in [-0.15, -0.1) is 0 Å². The number of rotatable bonds is 6. The van der Waals surface area contributed by atoms with E-state index in [1.54, 1.807) is 7.11 Å². The van der Waals surface area contributed by atoms with E-state index in [0.29, 0.717) is 13.1 Å². The minimum absolute atomic E-state index is 0.00739. The molecule has 2 aliphatic rings. The van der Waals surface area contributed by atoms with Crippen LogP contribution in [0.15, 0.2) is 24.3 Å². The maximum absolute atomic E-state index is 13.1. The van der Waals surface area contributed by atoms with Crippen LogP contribution in [0.5, 0.6) is 5.75 Å². The molecular weight excluding hydrogens is 330 g/mol. The molecule has 1 saturated carbocycles. The van der Waals surface area contributed by atoms with E-state index in [4.69, 9.17) is 4.74 Å². The number of piperidine rings is 1. The van der Waals surface area contributed by atoms with Crippen LogP contribution in [0.4, 0.5) is 5.69 Å². The fourth-order valence-corrected chi connectivity index (χ4v) is 4.03. The van der Waals surface area contributed by atoms with Gasteiger partial charge in [0.1, 0.15) is 11.3 Å². The van der Waals surface area contributed by atoms with Gasteiger partial charge in [-0.25, -0.2) is 0 Å². The summed E-state index contributed by atoms with van der Waals surface area (Å²) in [6.45, 7) is 1.76. The van der Waals surface area contributed by atoms with Crippen molar-refractivity contribution in [2.24, 2.45) is 0 Å². The molecule has 6 heteroatoms. The molecule has 0 bridgehead atoms. The molecule has 1 saturated heterocycles. The zero-order valence-electron chi connectivity index (χ0n) is 15.6.